The Morgan fingerprint density at radius 1 is 1.33 bits per heavy atom. The average molecular weight is 431 g/mol. The van der Waals surface area contributed by atoms with Gasteiger partial charge in [-0.05, 0) is 40.8 Å². The first-order valence-corrected chi connectivity index (χ1v) is 8.46. The summed E-state index contributed by atoms with van der Waals surface area (Å²) in [4.78, 5) is 14.0. The van der Waals surface area contributed by atoms with E-state index < -0.39 is 12.8 Å². The molecule has 116 valence electrons. The SMILES string of the molecule is O=C(c1ccc(OCC(F)(F)F)c(I)c1)N1CCSCC1. The van der Waals surface area contributed by atoms with Gasteiger partial charge in [-0.3, -0.25) is 4.79 Å². The molecule has 1 fully saturated rings. The summed E-state index contributed by atoms with van der Waals surface area (Å²) >= 11 is 3.68. The number of thioether (sulfide) groups is 1. The molecular weight excluding hydrogens is 418 g/mol. The number of rotatable bonds is 3. The largest absolute Gasteiger partial charge is 0.483 e. The lowest BCUT2D eigenvalue weighted by Gasteiger charge is -2.26. The normalized spacial score (nSPS) is 15.9. The molecular formula is C13H13F3INO2S. The van der Waals surface area contributed by atoms with Crippen LogP contribution in [0.2, 0.25) is 0 Å². The maximum Gasteiger partial charge on any atom is 0.422 e. The van der Waals surface area contributed by atoms with Crippen LogP contribution < -0.4 is 4.74 Å². The molecule has 1 saturated heterocycles. The Balaban J connectivity index is 2.05. The smallest absolute Gasteiger partial charge is 0.422 e. The summed E-state index contributed by atoms with van der Waals surface area (Å²) in [5.74, 6) is 1.87. The van der Waals surface area contributed by atoms with Crippen molar-refractivity contribution >= 4 is 40.3 Å². The minimum atomic E-state index is -4.37. The Hall–Kier alpha value is -0.640. The highest BCUT2D eigenvalue weighted by atomic mass is 127. The lowest BCUT2D eigenvalue weighted by molar-refractivity contribution is -0.153. The van der Waals surface area contributed by atoms with E-state index in [1.54, 1.807) is 22.7 Å². The summed E-state index contributed by atoms with van der Waals surface area (Å²) in [5, 5.41) is 0. The molecule has 0 radical (unpaired) electrons. The van der Waals surface area contributed by atoms with Crippen LogP contribution in [0.15, 0.2) is 18.2 Å². The number of carbonyl (C=O) groups is 1. The van der Waals surface area contributed by atoms with Crippen LogP contribution in [-0.2, 0) is 0 Å². The van der Waals surface area contributed by atoms with E-state index in [1.807, 2.05) is 22.6 Å². The van der Waals surface area contributed by atoms with Crippen molar-refractivity contribution in [1.29, 1.82) is 0 Å². The van der Waals surface area contributed by atoms with Crippen LogP contribution in [0.25, 0.3) is 0 Å². The fraction of sp³-hybridized carbons (Fsp3) is 0.462. The van der Waals surface area contributed by atoms with E-state index in [0.29, 0.717) is 22.2 Å². The van der Waals surface area contributed by atoms with Gasteiger partial charge in [0.25, 0.3) is 5.91 Å². The highest BCUT2D eigenvalue weighted by Crippen LogP contribution is 2.25. The molecule has 1 aliphatic rings. The number of amides is 1. The zero-order valence-electron chi connectivity index (χ0n) is 11.0. The van der Waals surface area contributed by atoms with Gasteiger partial charge in [0.2, 0.25) is 0 Å². The third kappa shape index (κ3) is 4.94. The minimum Gasteiger partial charge on any atom is -0.483 e. The molecule has 0 bridgehead atoms. The number of carbonyl (C=O) groups excluding carboxylic acids is 1. The van der Waals surface area contributed by atoms with Gasteiger partial charge in [0.1, 0.15) is 5.75 Å². The van der Waals surface area contributed by atoms with E-state index in [0.717, 1.165) is 11.5 Å². The van der Waals surface area contributed by atoms with E-state index in [-0.39, 0.29) is 11.7 Å². The van der Waals surface area contributed by atoms with Crippen LogP contribution in [0, 0.1) is 3.57 Å². The van der Waals surface area contributed by atoms with Gasteiger partial charge in [-0.15, -0.1) is 0 Å². The standard InChI is InChI=1S/C13H13F3INO2S/c14-13(15,16)8-20-11-2-1-9(7-10(11)17)12(19)18-3-5-21-6-4-18/h1-2,7H,3-6,8H2. The Kier molecular flexibility index (Phi) is 5.64. The molecule has 1 amide bonds. The molecule has 1 heterocycles. The van der Waals surface area contributed by atoms with Crippen molar-refractivity contribution in [2.45, 2.75) is 6.18 Å². The predicted molar refractivity (Wildman–Crippen MR) is 83.9 cm³/mol. The quantitative estimate of drug-likeness (QED) is 0.688. The second-order valence-electron chi connectivity index (χ2n) is 4.45. The van der Waals surface area contributed by atoms with Crippen LogP contribution in [-0.4, -0.2) is 48.2 Å². The summed E-state index contributed by atoms with van der Waals surface area (Å²) in [6.45, 7) is 0.0679. The third-order valence-electron chi connectivity index (χ3n) is 2.87. The Morgan fingerprint density at radius 3 is 2.57 bits per heavy atom. The first-order chi connectivity index (χ1) is 9.87. The van der Waals surface area contributed by atoms with Gasteiger partial charge in [0.05, 0.1) is 3.57 Å². The molecule has 2 rings (SSSR count). The van der Waals surface area contributed by atoms with Crippen LogP contribution in [0.5, 0.6) is 5.75 Å². The lowest BCUT2D eigenvalue weighted by Crippen LogP contribution is -2.37. The van der Waals surface area contributed by atoms with Crippen molar-refractivity contribution < 1.29 is 22.7 Å². The molecule has 1 aromatic rings. The maximum absolute atomic E-state index is 12.3. The molecule has 1 aliphatic heterocycles. The fourth-order valence-electron chi connectivity index (χ4n) is 1.86. The number of benzene rings is 1. The molecule has 0 aromatic heterocycles. The molecule has 3 nitrogen and oxygen atoms in total. The second kappa shape index (κ2) is 7.08. The molecule has 1 aromatic carbocycles. The van der Waals surface area contributed by atoms with Crippen LogP contribution in [0.4, 0.5) is 13.2 Å². The maximum atomic E-state index is 12.3. The number of halogens is 4. The zero-order chi connectivity index (χ0) is 15.5. The molecule has 0 spiro atoms. The first-order valence-electron chi connectivity index (χ1n) is 6.23. The van der Waals surface area contributed by atoms with Crippen molar-refractivity contribution in [3.05, 3.63) is 27.3 Å². The van der Waals surface area contributed by atoms with Gasteiger partial charge < -0.3 is 9.64 Å². The van der Waals surface area contributed by atoms with Crippen molar-refractivity contribution in [2.24, 2.45) is 0 Å². The molecule has 0 saturated carbocycles. The first kappa shape index (κ1) is 16.7. The molecule has 0 unspecified atom stereocenters. The molecule has 8 heteroatoms. The van der Waals surface area contributed by atoms with Gasteiger partial charge >= 0.3 is 6.18 Å². The van der Waals surface area contributed by atoms with Crippen LogP contribution >= 0.6 is 34.4 Å². The third-order valence-corrected chi connectivity index (χ3v) is 4.65. The Labute approximate surface area is 138 Å². The number of ether oxygens (including phenoxy) is 1. The second-order valence-corrected chi connectivity index (χ2v) is 6.84. The topological polar surface area (TPSA) is 29.5 Å². The number of alkyl halides is 3. The monoisotopic (exact) mass is 431 g/mol. The highest BCUT2D eigenvalue weighted by Gasteiger charge is 2.29. The lowest BCUT2D eigenvalue weighted by atomic mass is 10.2. The highest BCUT2D eigenvalue weighted by molar-refractivity contribution is 14.1. The summed E-state index contributed by atoms with van der Waals surface area (Å²) in [5.41, 5.74) is 0.477. The van der Waals surface area contributed by atoms with Gasteiger partial charge in [0.15, 0.2) is 6.61 Å². The summed E-state index contributed by atoms with van der Waals surface area (Å²) < 4.78 is 41.6. The molecule has 0 aliphatic carbocycles. The van der Waals surface area contributed by atoms with E-state index in [4.69, 9.17) is 4.74 Å². The summed E-state index contributed by atoms with van der Waals surface area (Å²) in [7, 11) is 0. The van der Waals surface area contributed by atoms with Crippen molar-refractivity contribution in [3.8, 4) is 5.75 Å². The van der Waals surface area contributed by atoms with E-state index >= 15 is 0 Å². The van der Waals surface area contributed by atoms with Crippen molar-refractivity contribution in [1.82, 2.24) is 4.90 Å². The predicted octanol–water partition coefficient (Wildman–Crippen LogP) is 3.42. The molecule has 0 N–H and O–H groups in total. The summed E-state index contributed by atoms with van der Waals surface area (Å²) in [6, 6.07) is 4.49. The Bertz CT molecular complexity index is 519. The number of hydrogen-bond donors (Lipinski definition) is 0. The summed E-state index contributed by atoms with van der Waals surface area (Å²) in [6.07, 6.45) is -4.37. The van der Waals surface area contributed by atoms with Gasteiger partial charge in [-0.1, -0.05) is 0 Å². The number of nitrogens with zero attached hydrogens (tertiary/aromatic N) is 1. The van der Waals surface area contributed by atoms with E-state index in [9.17, 15) is 18.0 Å². The van der Waals surface area contributed by atoms with Crippen LogP contribution in [0.3, 0.4) is 0 Å². The van der Waals surface area contributed by atoms with Gasteiger partial charge in [-0.2, -0.15) is 24.9 Å². The number of hydrogen-bond acceptors (Lipinski definition) is 3. The van der Waals surface area contributed by atoms with Gasteiger partial charge in [-0.25, -0.2) is 0 Å². The molecule has 21 heavy (non-hydrogen) atoms. The average Bonchev–Trinajstić information content (AvgIpc) is 2.45. The zero-order valence-corrected chi connectivity index (χ0v) is 13.9. The van der Waals surface area contributed by atoms with Crippen molar-refractivity contribution in [2.75, 3.05) is 31.2 Å². The van der Waals surface area contributed by atoms with Gasteiger partial charge in [0, 0.05) is 30.2 Å². The van der Waals surface area contributed by atoms with E-state index in [1.165, 1.54) is 12.1 Å². The Morgan fingerprint density at radius 2 is 2.00 bits per heavy atom. The minimum absolute atomic E-state index is 0.0874. The van der Waals surface area contributed by atoms with E-state index in [2.05, 4.69) is 0 Å². The molecule has 0 atom stereocenters. The fourth-order valence-corrected chi connectivity index (χ4v) is 3.43. The van der Waals surface area contributed by atoms with Crippen LogP contribution in [0.1, 0.15) is 10.4 Å². The van der Waals surface area contributed by atoms with Crippen molar-refractivity contribution in [3.63, 3.8) is 0 Å².